The molecule has 0 radical (unpaired) electrons. The minimum atomic E-state index is -0.903. The third-order valence-corrected chi connectivity index (χ3v) is 4.73. The Morgan fingerprint density at radius 1 is 1.09 bits per heavy atom. The number of aryl methyl sites for hydroxylation is 3. The Morgan fingerprint density at radius 3 is 2.35 bits per heavy atom. The zero-order valence-corrected chi connectivity index (χ0v) is 14.9. The van der Waals surface area contributed by atoms with Gasteiger partial charge in [0.1, 0.15) is 5.69 Å². The molecule has 0 atom stereocenters. The van der Waals surface area contributed by atoms with Crippen LogP contribution in [-0.4, -0.2) is 15.6 Å². The van der Waals surface area contributed by atoms with Gasteiger partial charge in [0.25, 0.3) is 0 Å². The molecule has 3 aromatic rings. The van der Waals surface area contributed by atoms with Crippen molar-refractivity contribution in [1.29, 1.82) is 0 Å². The van der Waals surface area contributed by atoms with Crippen molar-refractivity contribution in [2.45, 2.75) is 27.3 Å². The van der Waals surface area contributed by atoms with E-state index in [0.29, 0.717) is 12.2 Å². The topological polar surface area (TPSA) is 42.2 Å². The molecule has 0 unspecified atom stereocenters. The molecule has 0 spiro atoms. The first-order chi connectivity index (χ1) is 10.9. The highest BCUT2D eigenvalue weighted by Crippen LogP contribution is 2.26. The van der Waals surface area contributed by atoms with Crippen LogP contribution < -0.4 is 0 Å². The van der Waals surface area contributed by atoms with E-state index in [9.17, 15) is 9.90 Å². The summed E-state index contributed by atoms with van der Waals surface area (Å²) in [5.74, 6) is -0.903. The fourth-order valence-electron chi connectivity index (χ4n) is 3.21. The molecule has 0 saturated heterocycles. The lowest BCUT2D eigenvalue weighted by atomic mass is 9.99. The molecule has 0 amide bonds. The third kappa shape index (κ3) is 2.91. The zero-order valence-electron chi connectivity index (χ0n) is 13.4. The number of hydrogen-bond donors (Lipinski definition) is 1. The molecule has 0 aliphatic carbocycles. The van der Waals surface area contributed by atoms with Crippen molar-refractivity contribution in [2.75, 3.05) is 0 Å². The van der Waals surface area contributed by atoms with E-state index in [1.165, 1.54) is 22.3 Å². The van der Waals surface area contributed by atoms with Gasteiger partial charge in [-0.1, -0.05) is 33.6 Å². The average Bonchev–Trinajstić information content (AvgIpc) is 2.80. The molecule has 1 N–H and O–H groups in total. The van der Waals surface area contributed by atoms with Crippen LogP contribution in [0.4, 0.5) is 0 Å². The Balaban J connectivity index is 2.20. The molecule has 3 nitrogen and oxygen atoms in total. The monoisotopic (exact) mass is 371 g/mol. The molecule has 4 heteroatoms. The van der Waals surface area contributed by atoms with Crippen LogP contribution >= 0.6 is 15.9 Å². The fraction of sp³-hybridized carbons (Fsp3) is 0.211. The second-order valence-corrected chi connectivity index (χ2v) is 6.92. The van der Waals surface area contributed by atoms with Gasteiger partial charge >= 0.3 is 5.97 Å². The van der Waals surface area contributed by atoms with Gasteiger partial charge < -0.3 is 9.67 Å². The quantitative estimate of drug-likeness (QED) is 0.697. The third-order valence-electron chi connectivity index (χ3n) is 4.24. The van der Waals surface area contributed by atoms with Crippen molar-refractivity contribution < 1.29 is 9.90 Å². The van der Waals surface area contributed by atoms with Crippen molar-refractivity contribution in [1.82, 2.24) is 4.57 Å². The summed E-state index contributed by atoms with van der Waals surface area (Å²) in [5.41, 5.74) is 6.04. The standard InChI is InChI=1S/C19H18BrNO2/c1-11-6-12(2)16(13(3)7-11)10-21-17-5-4-15(20)8-14(17)9-18(21)19(22)23/h4-9H,10H2,1-3H3,(H,22,23). The molecule has 0 aliphatic rings. The maximum atomic E-state index is 11.7. The Labute approximate surface area is 143 Å². The minimum Gasteiger partial charge on any atom is -0.477 e. The molecule has 2 aromatic carbocycles. The number of carboxylic acids is 1. The Bertz CT molecular complexity index is 902. The van der Waals surface area contributed by atoms with E-state index in [4.69, 9.17) is 0 Å². The van der Waals surface area contributed by atoms with Crippen LogP contribution in [0.15, 0.2) is 40.9 Å². The first kappa shape index (κ1) is 15.8. The van der Waals surface area contributed by atoms with Gasteiger partial charge in [-0.3, -0.25) is 0 Å². The van der Waals surface area contributed by atoms with E-state index >= 15 is 0 Å². The number of fused-ring (bicyclic) bond motifs is 1. The van der Waals surface area contributed by atoms with Crippen LogP contribution in [0.1, 0.15) is 32.7 Å². The van der Waals surface area contributed by atoms with Gasteiger partial charge in [-0.25, -0.2) is 4.79 Å². The number of aromatic nitrogens is 1. The number of benzene rings is 2. The van der Waals surface area contributed by atoms with E-state index < -0.39 is 5.97 Å². The van der Waals surface area contributed by atoms with Gasteiger partial charge in [0.15, 0.2) is 0 Å². The molecule has 0 aliphatic heterocycles. The van der Waals surface area contributed by atoms with Crippen molar-refractivity contribution >= 4 is 32.8 Å². The van der Waals surface area contributed by atoms with Crippen molar-refractivity contribution in [2.24, 2.45) is 0 Å². The predicted molar refractivity (Wildman–Crippen MR) is 96.4 cm³/mol. The van der Waals surface area contributed by atoms with E-state index in [-0.39, 0.29) is 0 Å². The summed E-state index contributed by atoms with van der Waals surface area (Å²) in [5, 5.41) is 10.5. The SMILES string of the molecule is Cc1cc(C)c(Cn2c(C(=O)O)cc3cc(Br)ccc32)c(C)c1. The van der Waals surface area contributed by atoms with Crippen LogP contribution in [0.5, 0.6) is 0 Å². The van der Waals surface area contributed by atoms with Crippen LogP contribution in [0.3, 0.4) is 0 Å². The van der Waals surface area contributed by atoms with Gasteiger partial charge in [0.05, 0.1) is 0 Å². The molecule has 23 heavy (non-hydrogen) atoms. The first-order valence-electron chi connectivity index (χ1n) is 7.45. The second kappa shape index (κ2) is 5.85. The van der Waals surface area contributed by atoms with E-state index in [2.05, 4.69) is 48.8 Å². The number of aromatic carboxylic acids is 1. The second-order valence-electron chi connectivity index (χ2n) is 6.00. The Morgan fingerprint density at radius 2 is 1.74 bits per heavy atom. The maximum Gasteiger partial charge on any atom is 0.352 e. The Kier molecular flexibility index (Phi) is 4.02. The summed E-state index contributed by atoms with van der Waals surface area (Å²) in [7, 11) is 0. The molecular weight excluding hydrogens is 354 g/mol. The molecule has 0 fully saturated rings. The van der Waals surface area contributed by atoms with Crippen molar-refractivity contribution in [3.8, 4) is 0 Å². The highest BCUT2D eigenvalue weighted by atomic mass is 79.9. The number of halogens is 1. The molecule has 0 saturated carbocycles. The summed E-state index contributed by atoms with van der Waals surface area (Å²) >= 11 is 3.44. The van der Waals surface area contributed by atoms with Crippen LogP contribution in [0.2, 0.25) is 0 Å². The summed E-state index contributed by atoms with van der Waals surface area (Å²) in [4.78, 5) is 11.7. The van der Waals surface area contributed by atoms with E-state index in [1.54, 1.807) is 6.07 Å². The highest BCUT2D eigenvalue weighted by Gasteiger charge is 2.16. The molecule has 3 rings (SSSR count). The van der Waals surface area contributed by atoms with Gasteiger partial charge in [0.2, 0.25) is 0 Å². The molecule has 1 heterocycles. The Hall–Kier alpha value is -2.07. The summed E-state index contributed by atoms with van der Waals surface area (Å²) in [6.45, 7) is 6.80. The number of rotatable bonds is 3. The zero-order chi connectivity index (χ0) is 16.7. The highest BCUT2D eigenvalue weighted by molar-refractivity contribution is 9.10. The number of carbonyl (C=O) groups is 1. The van der Waals surface area contributed by atoms with E-state index in [0.717, 1.165) is 15.4 Å². The van der Waals surface area contributed by atoms with Crippen LogP contribution in [0.25, 0.3) is 10.9 Å². The largest absolute Gasteiger partial charge is 0.477 e. The van der Waals surface area contributed by atoms with Crippen molar-refractivity contribution in [3.63, 3.8) is 0 Å². The average molecular weight is 372 g/mol. The fourth-order valence-corrected chi connectivity index (χ4v) is 3.59. The number of carboxylic acid groups (broad SMARTS) is 1. The van der Waals surface area contributed by atoms with Crippen LogP contribution in [0, 0.1) is 20.8 Å². The summed E-state index contributed by atoms with van der Waals surface area (Å²) in [6, 6.07) is 11.9. The number of hydrogen-bond acceptors (Lipinski definition) is 1. The van der Waals surface area contributed by atoms with Gasteiger partial charge in [0, 0.05) is 21.9 Å². The maximum absolute atomic E-state index is 11.7. The summed E-state index contributed by atoms with van der Waals surface area (Å²) in [6.07, 6.45) is 0. The van der Waals surface area contributed by atoms with Gasteiger partial charge in [-0.15, -0.1) is 0 Å². The molecule has 0 bridgehead atoms. The summed E-state index contributed by atoms with van der Waals surface area (Å²) < 4.78 is 2.83. The molecule has 1 aromatic heterocycles. The smallest absolute Gasteiger partial charge is 0.352 e. The lowest BCUT2D eigenvalue weighted by Gasteiger charge is -2.15. The minimum absolute atomic E-state index is 0.317. The lowest BCUT2D eigenvalue weighted by Crippen LogP contribution is -2.11. The molecule has 118 valence electrons. The van der Waals surface area contributed by atoms with Crippen LogP contribution in [-0.2, 0) is 6.54 Å². The van der Waals surface area contributed by atoms with Gasteiger partial charge in [-0.2, -0.15) is 0 Å². The normalized spacial score (nSPS) is 11.1. The van der Waals surface area contributed by atoms with Gasteiger partial charge in [-0.05, 0) is 61.7 Å². The predicted octanol–water partition coefficient (Wildman–Crippen LogP) is 5.08. The molecular formula is C19H18BrNO2. The van der Waals surface area contributed by atoms with E-state index in [1.807, 2.05) is 22.8 Å². The number of nitrogens with zero attached hydrogens (tertiary/aromatic N) is 1. The van der Waals surface area contributed by atoms with Crippen molar-refractivity contribution in [3.05, 3.63) is 68.8 Å². The lowest BCUT2D eigenvalue weighted by molar-refractivity contribution is 0.0686. The first-order valence-corrected chi connectivity index (χ1v) is 8.25.